The molecule has 0 fully saturated rings. The highest BCUT2D eigenvalue weighted by molar-refractivity contribution is 6.00. The lowest BCUT2D eigenvalue weighted by Crippen LogP contribution is -2.25. The lowest BCUT2D eigenvalue weighted by atomic mass is 9.87. The van der Waals surface area contributed by atoms with E-state index in [-0.39, 0.29) is 11.8 Å². The molecule has 0 bridgehead atoms. The molecule has 0 saturated carbocycles. The first-order valence-electron chi connectivity index (χ1n) is 8.94. The number of benzene rings is 3. The number of anilines is 1. The molecule has 130 valence electrons. The number of amides is 1. The standard InChI is InChI=1S/C23H21NO2/c1-3-16-10-8-9-15(2)22(16)24-23(25)21-17-11-4-6-13-19(17)26-20-14-7-5-12-18(20)21/h4-14,21H,3H2,1-2H3,(H,24,25). The summed E-state index contributed by atoms with van der Waals surface area (Å²) < 4.78 is 6.00. The number of fused-ring (bicyclic) bond motifs is 2. The van der Waals surface area contributed by atoms with E-state index in [0.29, 0.717) is 0 Å². The van der Waals surface area contributed by atoms with E-state index < -0.39 is 0 Å². The zero-order chi connectivity index (χ0) is 18.1. The average molecular weight is 343 g/mol. The predicted octanol–water partition coefficient (Wildman–Crippen LogP) is 5.43. The highest BCUT2D eigenvalue weighted by Gasteiger charge is 2.32. The fourth-order valence-corrected chi connectivity index (χ4v) is 3.59. The first-order chi connectivity index (χ1) is 12.7. The minimum absolute atomic E-state index is 0.0304. The maximum Gasteiger partial charge on any atom is 0.236 e. The van der Waals surface area contributed by atoms with E-state index >= 15 is 0 Å². The smallest absolute Gasteiger partial charge is 0.236 e. The van der Waals surface area contributed by atoms with Crippen molar-refractivity contribution in [1.29, 1.82) is 0 Å². The molecule has 1 aliphatic heterocycles. The summed E-state index contributed by atoms with van der Waals surface area (Å²) in [7, 11) is 0. The van der Waals surface area contributed by atoms with Gasteiger partial charge in [-0.25, -0.2) is 0 Å². The normalized spacial score (nSPS) is 12.7. The minimum atomic E-state index is -0.388. The molecule has 0 spiro atoms. The summed E-state index contributed by atoms with van der Waals surface area (Å²) in [5.41, 5.74) is 4.94. The van der Waals surface area contributed by atoms with Crippen molar-refractivity contribution in [2.45, 2.75) is 26.2 Å². The Balaban J connectivity index is 1.77. The van der Waals surface area contributed by atoms with Crippen molar-refractivity contribution in [3.05, 3.63) is 89.0 Å². The number of para-hydroxylation sites is 3. The zero-order valence-electron chi connectivity index (χ0n) is 15.0. The Morgan fingerprint density at radius 3 is 2.15 bits per heavy atom. The molecule has 3 aromatic carbocycles. The zero-order valence-corrected chi connectivity index (χ0v) is 15.0. The second-order valence-electron chi connectivity index (χ2n) is 6.56. The number of carbonyl (C=O) groups is 1. The summed E-state index contributed by atoms with van der Waals surface area (Å²) in [5.74, 6) is 1.07. The molecule has 3 aromatic rings. The Kier molecular flexibility index (Phi) is 4.21. The van der Waals surface area contributed by atoms with Crippen LogP contribution in [0.3, 0.4) is 0 Å². The van der Waals surface area contributed by atoms with Crippen molar-refractivity contribution < 1.29 is 9.53 Å². The van der Waals surface area contributed by atoms with Gasteiger partial charge in [0.05, 0.1) is 5.92 Å². The average Bonchev–Trinajstić information content (AvgIpc) is 2.67. The number of aryl methyl sites for hydroxylation is 2. The van der Waals surface area contributed by atoms with Gasteiger partial charge in [0.25, 0.3) is 0 Å². The van der Waals surface area contributed by atoms with Crippen LogP contribution < -0.4 is 10.1 Å². The molecule has 1 amide bonds. The summed E-state index contributed by atoms with van der Waals surface area (Å²) in [6.07, 6.45) is 0.873. The number of hydrogen-bond donors (Lipinski definition) is 1. The highest BCUT2D eigenvalue weighted by atomic mass is 16.5. The maximum atomic E-state index is 13.3. The van der Waals surface area contributed by atoms with Crippen LogP contribution in [0.4, 0.5) is 5.69 Å². The van der Waals surface area contributed by atoms with Crippen LogP contribution in [0, 0.1) is 6.92 Å². The Hall–Kier alpha value is -3.07. The number of nitrogens with one attached hydrogen (secondary N) is 1. The van der Waals surface area contributed by atoms with E-state index in [0.717, 1.165) is 45.9 Å². The third kappa shape index (κ3) is 2.76. The van der Waals surface area contributed by atoms with Gasteiger partial charge in [-0.15, -0.1) is 0 Å². The molecular formula is C23H21NO2. The van der Waals surface area contributed by atoms with Gasteiger partial charge < -0.3 is 10.1 Å². The first kappa shape index (κ1) is 16.4. The van der Waals surface area contributed by atoms with Crippen molar-refractivity contribution in [1.82, 2.24) is 0 Å². The summed E-state index contributed by atoms with van der Waals surface area (Å²) in [4.78, 5) is 13.3. The molecule has 0 unspecified atom stereocenters. The van der Waals surface area contributed by atoms with Gasteiger partial charge in [0.1, 0.15) is 11.5 Å². The molecule has 26 heavy (non-hydrogen) atoms. The van der Waals surface area contributed by atoms with Crippen LogP contribution in [-0.4, -0.2) is 5.91 Å². The third-order valence-electron chi connectivity index (χ3n) is 4.93. The maximum absolute atomic E-state index is 13.3. The van der Waals surface area contributed by atoms with Gasteiger partial charge in [0.2, 0.25) is 5.91 Å². The fraction of sp³-hybridized carbons (Fsp3) is 0.174. The molecular weight excluding hydrogens is 322 g/mol. The highest BCUT2D eigenvalue weighted by Crippen LogP contribution is 2.44. The summed E-state index contributed by atoms with van der Waals surface area (Å²) >= 11 is 0. The SMILES string of the molecule is CCc1cccc(C)c1NC(=O)C1c2ccccc2Oc2ccccc21. The van der Waals surface area contributed by atoms with Crippen LogP contribution in [0.25, 0.3) is 0 Å². The molecule has 0 aromatic heterocycles. The van der Waals surface area contributed by atoms with E-state index in [1.165, 1.54) is 0 Å². The minimum Gasteiger partial charge on any atom is -0.457 e. The van der Waals surface area contributed by atoms with Gasteiger partial charge in [-0.1, -0.05) is 61.5 Å². The van der Waals surface area contributed by atoms with Crippen LogP contribution in [-0.2, 0) is 11.2 Å². The predicted molar refractivity (Wildman–Crippen MR) is 104 cm³/mol. The van der Waals surface area contributed by atoms with Crippen molar-refractivity contribution >= 4 is 11.6 Å². The number of rotatable bonds is 3. The van der Waals surface area contributed by atoms with Gasteiger partial charge in [-0.2, -0.15) is 0 Å². The molecule has 3 nitrogen and oxygen atoms in total. The van der Waals surface area contributed by atoms with Crippen LogP contribution >= 0.6 is 0 Å². The summed E-state index contributed by atoms with van der Waals surface area (Å²) in [6, 6.07) is 21.6. The van der Waals surface area contributed by atoms with Crippen LogP contribution in [0.5, 0.6) is 11.5 Å². The molecule has 4 rings (SSSR count). The molecule has 1 aliphatic rings. The van der Waals surface area contributed by atoms with Gasteiger partial charge >= 0.3 is 0 Å². The van der Waals surface area contributed by atoms with Crippen molar-refractivity contribution in [3.8, 4) is 11.5 Å². The van der Waals surface area contributed by atoms with Crippen molar-refractivity contribution in [2.24, 2.45) is 0 Å². The van der Waals surface area contributed by atoms with Gasteiger partial charge in [0, 0.05) is 16.8 Å². The van der Waals surface area contributed by atoms with Crippen molar-refractivity contribution in [2.75, 3.05) is 5.32 Å². The molecule has 0 atom stereocenters. The molecule has 3 heteroatoms. The monoisotopic (exact) mass is 343 g/mol. The quantitative estimate of drug-likeness (QED) is 0.688. The topological polar surface area (TPSA) is 38.3 Å². The van der Waals surface area contributed by atoms with Crippen LogP contribution in [0.1, 0.15) is 35.1 Å². The largest absolute Gasteiger partial charge is 0.457 e. The lowest BCUT2D eigenvalue weighted by molar-refractivity contribution is -0.116. The van der Waals surface area contributed by atoms with E-state index in [2.05, 4.69) is 18.3 Å². The fourth-order valence-electron chi connectivity index (χ4n) is 3.59. The number of ether oxygens (including phenoxy) is 1. The summed E-state index contributed by atoms with van der Waals surface area (Å²) in [5, 5.41) is 3.19. The van der Waals surface area contributed by atoms with Crippen LogP contribution in [0.15, 0.2) is 66.7 Å². The van der Waals surface area contributed by atoms with Gasteiger partial charge in [-0.3, -0.25) is 4.79 Å². The molecule has 1 heterocycles. The Morgan fingerprint density at radius 2 is 1.54 bits per heavy atom. The Morgan fingerprint density at radius 1 is 0.923 bits per heavy atom. The first-order valence-corrected chi connectivity index (χ1v) is 8.94. The van der Waals surface area contributed by atoms with E-state index in [4.69, 9.17) is 4.74 Å². The lowest BCUT2D eigenvalue weighted by Gasteiger charge is -2.28. The Bertz CT molecular complexity index is 932. The number of hydrogen-bond acceptors (Lipinski definition) is 2. The summed E-state index contributed by atoms with van der Waals surface area (Å²) in [6.45, 7) is 4.13. The number of carbonyl (C=O) groups excluding carboxylic acids is 1. The van der Waals surface area contributed by atoms with Gasteiger partial charge in [-0.05, 0) is 36.6 Å². The van der Waals surface area contributed by atoms with Gasteiger partial charge in [0.15, 0.2) is 0 Å². The van der Waals surface area contributed by atoms with E-state index in [9.17, 15) is 4.79 Å². The second kappa shape index (κ2) is 6.68. The van der Waals surface area contributed by atoms with Crippen molar-refractivity contribution in [3.63, 3.8) is 0 Å². The second-order valence-corrected chi connectivity index (χ2v) is 6.56. The molecule has 1 N–H and O–H groups in total. The van der Waals surface area contributed by atoms with E-state index in [1.807, 2.05) is 67.6 Å². The molecule has 0 saturated heterocycles. The third-order valence-corrected chi connectivity index (χ3v) is 4.93. The molecule has 0 aliphatic carbocycles. The molecule has 0 radical (unpaired) electrons. The van der Waals surface area contributed by atoms with Crippen LogP contribution in [0.2, 0.25) is 0 Å². The van der Waals surface area contributed by atoms with E-state index in [1.54, 1.807) is 0 Å². The Labute approximate surface area is 153 Å².